The quantitative estimate of drug-likeness (QED) is 0.870. The number of piperazine rings is 1. The lowest BCUT2D eigenvalue weighted by Gasteiger charge is -2.49. The Kier molecular flexibility index (Phi) is 3.53. The summed E-state index contributed by atoms with van der Waals surface area (Å²) < 4.78 is 5.53. The maximum absolute atomic E-state index is 5.53. The van der Waals surface area contributed by atoms with E-state index in [9.17, 15) is 0 Å². The van der Waals surface area contributed by atoms with E-state index in [0.29, 0.717) is 6.04 Å². The van der Waals surface area contributed by atoms with Crippen LogP contribution < -0.4 is 15.0 Å². The third-order valence-corrected chi connectivity index (χ3v) is 3.68. The second kappa shape index (κ2) is 4.81. The van der Waals surface area contributed by atoms with Crippen LogP contribution in [0.4, 0.5) is 5.69 Å². The molecular formula is C15H24N2O. The largest absolute Gasteiger partial charge is 0.495 e. The molecule has 3 heteroatoms. The van der Waals surface area contributed by atoms with Crippen molar-refractivity contribution in [3.8, 4) is 5.75 Å². The summed E-state index contributed by atoms with van der Waals surface area (Å²) in [6.45, 7) is 10.9. The summed E-state index contributed by atoms with van der Waals surface area (Å²) in [6.07, 6.45) is 0. The highest BCUT2D eigenvalue weighted by Gasteiger charge is 2.35. The molecule has 2 rings (SSSR count). The van der Waals surface area contributed by atoms with E-state index in [1.807, 2.05) is 0 Å². The number of anilines is 1. The number of aryl methyl sites for hydroxylation is 1. The second-order valence-corrected chi connectivity index (χ2v) is 5.84. The van der Waals surface area contributed by atoms with Gasteiger partial charge in [0.15, 0.2) is 0 Å². The zero-order valence-electron chi connectivity index (χ0n) is 12.1. The van der Waals surface area contributed by atoms with E-state index in [1.54, 1.807) is 7.11 Å². The van der Waals surface area contributed by atoms with Crippen LogP contribution in [0.2, 0.25) is 0 Å². The van der Waals surface area contributed by atoms with Gasteiger partial charge in [-0.25, -0.2) is 0 Å². The van der Waals surface area contributed by atoms with Gasteiger partial charge in [0, 0.05) is 24.7 Å². The predicted octanol–water partition coefficient (Wildman–Crippen LogP) is 2.58. The Morgan fingerprint density at radius 2 is 2.11 bits per heavy atom. The molecule has 1 aromatic rings. The third-order valence-electron chi connectivity index (χ3n) is 3.68. The molecule has 1 aromatic carbocycles. The SMILES string of the molecule is COc1ccc(C)cc1N1C(C)CNCC1(C)C. The molecule has 1 unspecified atom stereocenters. The Labute approximate surface area is 110 Å². The molecule has 100 valence electrons. The van der Waals surface area contributed by atoms with Crippen LogP contribution in [0.5, 0.6) is 5.75 Å². The Hall–Kier alpha value is -1.22. The van der Waals surface area contributed by atoms with Gasteiger partial charge in [0.2, 0.25) is 0 Å². The van der Waals surface area contributed by atoms with Crippen molar-refractivity contribution in [3.05, 3.63) is 23.8 Å². The highest BCUT2D eigenvalue weighted by Crippen LogP contribution is 2.36. The lowest BCUT2D eigenvalue weighted by molar-refractivity contribution is 0.327. The number of benzene rings is 1. The van der Waals surface area contributed by atoms with Gasteiger partial charge in [-0.3, -0.25) is 0 Å². The van der Waals surface area contributed by atoms with Gasteiger partial charge < -0.3 is 15.0 Å². The molecule has 18 heavy (non-hydrogen) atoms. The Balaban J connectivity index is 2.47. The molecule has 1 aliphatic heterocycles. The maximum Gasteiger partial charge on any atom is 0.142 e. The molecule has 1 heterocycles. The molecule has 0 spiro atoms. The first kappa shape index (κ1) is 13.2. The molecule has 0 bridgehead atoms. The first-order valence-corrected chi connectivity index (χ1v) is 6.60. The number of hydrogen-bond acceptors (Lipinski definition) is 3. The van der Waals surface area contributed by atoms with Gasteiger partial charge >= 0.3 is 0 Å². The van der Waals surface area contributed by atoms with Crippen molar-refractivity contribution in [2.75, 3.05) is 25.1 Å². The lowest BCUT2D eigenvalue weighted by atomic mass is 9.95. The molecule has 0 amide bonds. The normalized spacial score (nSPS) is 22.9. The van der Waals surface area contributed by atoms with Gasteiger partial charge in [-0.1, -0.05) is 6.07 Å². The number of methoxy groups -OCH3 is 1. The van der Waals surface area contributed by atoms with Crippen LogP contribution in [-0.4, -0.2) is 31.8 Å². The fourth-order valence-corrected chi connectivity index (χ4v) is 2.91. The molecule has 1 N–H and O–H groups in total. The lowest BCUT2D eigenvalue weighted by Crippen LogP contribution is -2.62. The molecule has 1 atom stereocenters. The van der Waals surface area contributed by atoms with Crippen molar-refractivity contribution >= 4 is 5.69 Å². The van der Waals surface area contributed by atoms with E-state index in [2.05, 4.69) is 56.1 Å². The van der Waals surface area contributed by atoms with Crippen molar-refractivity contribution in [3.63, 3.8) is 0 Å². The van der Waals surface area contributed by atoms with Gasteiger partial charge in [-0.2, -0.15) is 0 Å². The van der Waals surface area contributed by atoms with Gasteiger partial charge in [0.25, 0.3) is 0 Å². The minimum absolute atomic E-state index is 0.0960. The number of hydrogen-bond donors (Lipinski definition) is 1. The summed E-state index contributed by atoms with van der Waals surface area (Å²) in [4.78, 5) is 2.48. The molecule has 0 saturated carbocycles. The molecule has 0 radical (unpaired) electrons. The summed E-state index contributed by atoms with van der Waals surface area (Å²) in [5, 5.41) is 3.49. The van der Waals surface area contributed by atoms with E-state index < -0.39 is 0 Å². The molecule has 1 aliphatic rings. The van der Waals surface area contributed by atoms with Gasteiger partial charge in [-0.15, -0.1) is 0 Å². The molecule has 3 nitrogen and oxygen atoms in total. The Morgan fingerprint density at radius 1 is 1.39 bits per heavy atom. The summed E-state index contributed by atoms with van der Waals surface area (Å²) in [5.74, 6) is 0.961. The van der Waals surface area contributed by atoms with Crippen molar-refractivity contribution in [2.24, 2.45) is 0 Å². The smallest absolute Gasteiger partial charge is 0.142 e. The zero-order valence-corrected chi connectivity index (χ0v) is 12.1. The fourth-order valence-electron chi connectivity index (χ4n) is 2.91. The third kappa shape index (κ3) is 2.32. The van der Waals surface area contributed by atoms with Gasteiger partial charge in [-0.05, 0) is 45.4 Å². The summed E-state index contributed by atoms with van der Waals surface area (Å²) in [7, 11) is 1.74. The number of nitrogens with zero attached hydrogens (tertiary/aromatic N) is 1. The van der Waals surface area contributed by atoms with E-state index in [4.69, 9.17) is 4.74 Å². The number of nitrogens with one attached hydrogen (secondary N) is 1. The molecule has 1 fully saturated rings. The average Bonchev–Trinajstić information content (AvgIpc) is 2.28. The van der Waals surface area contributed by atoms with Gasteiger partial charge in [0.1, 0.15) is 5.75 Å². The molecule has 1 saturated heterocycles. The van der Waals surface area contributed by atoms with E-state index >= 15 is 0 Å². The summed E-state index contributed by atoms with van der Waals surface area (Å²) in [6, 6.07) is 6.85. The number of ether oxygens (including phenoxy) is 1. The highest BCUT2D eigenvalue weighted by molar-refractivity contribution is 5.62. The zero-order chi connectivity index (χ0) is 13.3. The van der Waals surface area contributed by atoms with Crippen LogP contribution >= 0.6 is 0 Å². The standard InChI is InChI=1S/C15H24N2O/c1-11-6-7-14(18-5)13(8-11)17-12(2)9-16-10-15(17,3)4/h6-8,12,16H,9-10H2,1-5H3. The van der Waals surface area contributed by atoms with Crippen molar-refractivity contribution < 1.29 is 4.74 Å². The first-order valence-electron chi connectivity index (χ1n) is 6.60. The van der Waals surface area contributed by atoms with Crippen LogP contribution in [0, 0.1) is 6.92 Å². The monoisotopic (exact) mass is 248 g/mol. The Bertz CT molecular complexity index is 429. The summed E-state index contributed by atoms with van der Waals surface area (Å²) in [5.41, 5.74) is 2.57. The van der Waals surface area contributed by atoms with Crippen molar-refractivity contribution in [1.29, 1.82) is 0 Å². The highest BCUT2D eigenvalue weighted by atomic mass is 16.5. The van der Waals surface area contributed by atoms with Crippen LogP contribution in [0.1, 0.15) is 26.3 Å². The second-order valence-electron chi connectivity index (χ2n) is 5.84. The van der Waals surface area contributed by atoms with Crippen LogP contribution in [0.15, 0.2) is 18.2 Å². The molecular weight excluding hydrogens is 224 g/mol. The van der Waals surface area contributed by atoms with Crippen molar-refractivity contribution in [1.82, 2.24) is 5.32 Å². The van der Waals surface area contributed by atoms with Crippen LogP contribution in [0.3, 0.4) is 0 Å². The van der Waals surface area contributed by atoms with E-state index in [-0.39, 0.29) is 5.54 Å². The fraction of sp³-hybridized carbons (Fsp3) is 0.600. The molecule has 0 aromatic heterocycles. The molecule has 0 aliphatic carbocycles. The van der Waals surface area contributed by atoms with E-state index in [1.165, 1.54) is 11.3 Å². The van der Waals surface area contributed by atoms with Crippen molar-refractivity contribution in [2.45, 2.75) is 39.3 Å². The minimum Gasteiger partial charge on any atom is -0.495 e. The summed E-state index contributed by atoms with van der Waals surface area (Å²) >= 11 is 0. The number of rotatable bonds is 2. The van der Waals surface area contributed by atoms with Crippen LogP contribution in [0.25, 0.3) is 0 Å². The maximum atomic E-state index is 5.53. The van der Waals surface area contributed by atoms with Gasteiger partial charge in [0.05, 0.1) is 12.8 Å². The Morgan fingerprint density at radius 3 is 2.72 bits per heavy atom. The topological polar surface area (TPSA) is 24.5 Å². The average molecular weight is 248 g/mol. The minimum atomic E-state index is 0.0960. The van der Waals surface area contributed by atoms with Crippen LogP contribution in [-0.2, 0) is 0 Å². The first-order chi connectivity index (χ1) is 8.45. The van der Waals surface area contributed by atoms with E-state index in [0.717, 1.165) is 18.8 Å². The predicted molar refractivity (Wildman–Crippen MR) is 76.6 cm³/mol.